The Hall–Kier alpha value is -1.53. The molecular formula is C18H28O2. The molecule has 0 heterocycles. The lowest BCUT2D eigenvalue weighted by Crippen LogP contribution is -1.91. The van der Waals surface area contributed by atoms with Crippen molar-refractivity contribution in [2.24, 2.45) is 0 Å². The third-order valence-electron chi connectivity index (χ3n) is 2.82. The zero-order valence-electron chi connectivity index (χ0n) is 12.7. The van der Waals surface area contributed by atoms with Gasteiger partial charge in [-0.3, -0.25) is 4.79 Å². The molecule has 2 nitrogen and oxygen atoms in total. The number of aliphatic carboxylic acids is 1. The molecule has 0 aliphatic rings. The van der Waals surface area contributed by atoms with Gasteiger partial charge in [-0.25, -0.2) is 0 Å². The Morgan fingerprint density at radius 1 is 0.950 bits per heavy atom. The third-order valence-corrected chi connectivity index (χ3v) is 2.82. The summed E-state index contributed by atoms with van der Waals surface area (Å²) in [6.07, 6.45) is 21.5. The highest BCUT2D eigenvalue weighted by Crippen LogP contribution is 2.03. The number of unbranched alkanes of at least 4 members (excludes halogenated alkanes) is 4. The fourth-order valence-electron chi connectivity index (χ4n) is 1.67. The Balaban J connectivity index is 3.45. The van der Waals surface area contributed by atoms with Gasteiger partial charge in [-0.1, -0.05) is 50.5 Å². The van der Waals surface area contributed by atoms with Gasteiger partial charge in [0, 0.05) is 6.42 Å². The lowest BCUT2D eigenvalue weighted by Gasteiger charge is -1.93. The molecule has 1 N–H and O–H groups in total. The summed E-state index contributed by atoms with van der Waals surface area (Å²) >= 11 is 0. The van der Waals surface area contributed by atoms with Gasteiger partial charge in [0.1, 0.15) is 0 Å². The van der Waals surface area contributed by atoms with Crippen molar-refractivity contribution >= 4 is 5.97 Å². The molecular weight excluding hydrogens is 248 g/mol. The smallest absolute Gasteiger partial charge is 0.303 e. The van der Waals surface area contributed by atoms with E-state index in [4.69, 9.17) is 5.11 Å². The zero-order chi connectivity index (χ0) is 14.9. The summed E-state index contributed by atoms with van der Waals surface area (Å²) in [6.45, 7) is 2.23. The van der Waals surface area contributed by atoms with Gasteiger partial charge in [0.25, 0.3) is 0 Å². The van der Waals surface area contributed by atoms with Crippen LogP contribution in [0.5, 0.6) is 0 Å². The van der Waals surface area contributed by atoms with Crippen LogP contribution in [0.15, 0.2) is 42.2 Å². The third kappa shape index (κ3) is 16.5. The van der Waals surface area contributed by atoms with Crippen molar-refractivity contribution in [2.75, 3.05) is 0 Å². The van der Waals surface area contributed by atoms with E-state index in [1.54, 1.807) is 6.08 Å². The van der Waals surface area contributed by atoms with Crippen LogP contribution in [0.4, 0.5) is 0 Å². The highest BCUT2D eigenvalue weighted by molar-refractivity contribution is 5.66. The molecule has 2 heteroatoms. The number of carboxylic acid groups (broad SMARTS) is 1. The molecule has 0 atom stereocenters. The summed E-state index contributed by atoms with van der Waals surface area (Å²) in [4.78, 5) is 10.3. The maximum absolute atomic E-state index is 10.3. The summed E-state index contributed by atoms with van der Waals surface area (Å²) in [7, 11) is 0. The van der Waals surface area contributed by atoms with Gasteiger partial charge >= 0.3 is 5.97 Å². The Morgan fingerprint density at radius 3 is 2.45 bits per heavy atom. The molecule has 0 fully saturated rings. The van der Waals surface area contributed by atoms with Crippen LogP contribution in [0, 0.1) is 0 Å². The second-order valence-corrected chi connectivity index (χ2v) is 4.77. The number of carboxylic acids is 1. The summed E-state index contributed by atoms with van der Waals surface area (Å²) in [5.41, 5.74) is 2.99. The summed E-state index contributed by atoms with van der Waals surface area (Å²) in [5, 5.41) is 8.44. The standard InChI is InChI=1S/C18H28O2/c1-2-3-4-5-6-7-8-9-10-11-12-13-14-15-16-17-18(19)20/h7-8,10-11,13,15H,2-6,9,12,16-17H2,1H3,(H,19,20). The van der Waals surface area contributed by atoms with E-state index in [2.05, 4.69) is 37.0 Å². The fraction of sp³-hybridized carbons (Fsp3) is 0.556. The topological polar surface area (TPSA) is 37.3 Å². The number of rotatable bonds is 12. The van der Waals surface area contributed by atoms with E-state index in [9.17, 15) is 4.79 Å². The van der Waals surface area contributed by atoms with Crippen LogP contribution in [0.25, 0.3) is 0 Å². The highest BCUT2D eigenvalue weighted by Gasteiger charge is 1.90. The first-order valence-electron chi connectivity index (χ1n) is 7.68. The normalized spacial score (nSPS) is 10.8. The van der Waals surface area contributed by atoms with E-state index in [1.807, 2.05) is 6.08 Å². The number of carbonyl (C=O) groups is 1. The predicted octanol–water partition coefficient (Wildman–Crippen LogP) is 5.43. The molecule has 112 valence electrons. The molecule has 0 unspecified atom stereocenters. The van der Waals surface area contributed by atoms with Crippen LogP contribution in [0.1, 0.15) is 64.7 Å². The van der Waals surface area contributed by atoms with Crippen molar-refractivity contribution in [2.45, 2.75) is 64.7 Å². The monoisotopic (exact) mass is 276 g/mol. The highest BCUT2D eigenvalue weighted by atomic mass is 16.4. The van der Waals surface area contributed by atoms with Gasteiger partial charge in [0.05, 0.1) is 0 Å². The van der Waals surface area contributed by atoms with Gasteiger partial charge in [-0.2, -0.15) is 0 Å². The van der Waals surface area contributed by atoms with Crippen molar-refractivity contribution in [3.05, 3.63) is 42.2 Å². The molecule has 0 aliphatic heterocycles. The number of allylic oxidation sites excluding steroid dienone is 5. The molecule has 0 rings (SSSR count). The molecule has 0 spiro atoms. The number of hydrogen-bond donors (Lipinski definition) is 1. The molecule has 0 radical (unpaired) electrons. The summed E-state index contributed by atoms with van der Waals surface area (Å²) in [5.74, 6) is -0.760. The first kappa shape index (κ1) is 18.5. The van der Waals surface area contributed by atoms with E-state index >= 15 is 0 Å². The Labute approximate surface area is 123 Å². The Kier molecular flexibility index (Phi) is 14.3. The molecule has 20 heavy (non-hydrogen) atoms. The SMILES string of the molecule is CCCCCCC=CCC=CCC=C=CCCC(=O)O. The van der Waals surface area contributed by atoms with Crippen molar-refractivity contribution in [1.82, 2.24) is 0 Å². The summed E-state index contributed by atoms with van der Waals surface area (Å²) in [6, 6.07) is 0. The molecule has 0 aromatic rings. The molecule has 0 aliphatic carbocycles. The minimum Gasteiger partial charge on any atom is -0.481 e. The van der Waals surface area contributed by atoms with Crippen LogP contribution < -0.4 is 0 Å². The molecule has 0 saturated carbocycles. The number of hydrogen-bond acceptors (Lipinski definition) is 1. The summed E-state index contributed by atoms with van der Waals surface area (Å²) < 4.78 is 0. The average molecular weight is 276 g/mol. The Morgan fingerprint density at radius 2 is 1.70 bits per heavy atom. The zero-order valence-corrected chi connectivity index (χ0v) is 12.7. The molecule has 0 amide bonds. The van der Waals surface area contributed by atoms with Gasteiger partial charge in [-0.15, -0.1) is 5.73 Å². The van der Waals surface area contributed by atoms with E-state index in [0.717, 1.165) is 12.8 Å². The van der Waals surface area contributed by atoms with Gasteiger partial charge in [-0.05, 0) is 44.3 Å². The first-order chi connectivity index (χ1) is 9.77. The first-order valence-corrected chi connectivity index (χ1v) is 7.68. The lowest BCUT2D eigenvalue weighted by atomic mass is 10.1. The van der Waals surface area contributed by atoms with E-state index < -0.39 is 5.97 Å². The molecule has 0 saturated heterocycles. The maximum Gasteiger partial charge on any atom is 0.303 e. The largest absolute Gasteiger partial charge is 0.481 e. The predicted molar refractivity (Wildman–Crippen MR) is 85.8 cm³/mol. The van der Waals surface area contributed by atoms with Crippen LogP contribution in [0.2, 0.25) is 0 Å². The second-order valence-electron chi connectivity index (χ2n) is 4.77. The molecule has 0 bridgehead atoms. The lowest BCUT2D eigenvalue weighted by molar-refractivity contribution is -0.136. The van der Waals surface area contributed by atoms with Crippen LogP contribution >= 0.6 is 0 Å². The minimum atomic E-state index is -0.760. The van der Waals surface area contributed by atoms with E-state index in [1.165, 1.54) is 32.1 Å². The van der Waals surface area contributed by atoms with Crippen molar-refractivity contribution in [1.29, 1.82) is 0 Å². The Bertz CT molecular complexity index is 344. The average Bonchev–Trinajstić information content (AvgIpc) is 2.43. The van der Waals surface area contributed by atoms with Crippen LogP contribution in [0.3, 0.4) is 0 Å². The van der Waals surface area contributed by atoms with E-state index in [-0.39, 0.29) is 6.42 Å². The van der Waals surface area contributed by atoms with E-state index in [0.29, 0.717) is 6.42 Å². The van der Waals surface area contributed by atoms with Crippen LogP contribution in [-0.4, -0.2) is 11.1 Å². The van der Waals surface area contributed by atoms with Gasteiger partial charge in [0.2, 0.25) is 0 Å². The van der Waals surface area contributed by atoms with Crippen molar-refractivity contribution in [3.8, 4) is 0 Å². The van der Waals surface area contributed by atoms with Gasteiger partial charge in [0.15, 0.2) is 0 Å². The fourth-order valence-corrected chi connectivity index (χ4v) is 1.67. The van der Waals surface area contributed by atoms with Crippen LogP contribution in [-0.2, 0) is 4.79 Å². The second kappa shape index (κ2) is 15.5. The quantitative estimate of drug-likeness (QED) is 0.293. The van der Waals surface area contributed by atoms with Crippen molar-refractivity contribution in [3.63, 3.8) is 0 Å². The van der Waals surface area contributed by atoms with Gasteiger partial charge < -0.3 is 5.11 Å². The minimum absolute atomic E-state index is 0.180. The molecule has 0 aromatic carbocycles. The molecule has 0 aromatic heterocycles. The maximum atomic E-state index is 10.3. The van der Waals surface area contributed by atoms with Crippen molar-refractivity contribution < 1.29 is 9.90 Å².